The Morgan fingerprint density at radius 1 is 1.35 bits per heavy atom. The van der Waals surface area contributed by atoms with Gasteiger partial charge in [-0.05, 0) is 24.1 Å². The highest BCUT2D eigenvalue weighted by atomic mass is 35.5. The zero-order valence-corrected chi connectivity index (χ0v) is 13.9. The van der Waals surface area contributed by atoms with Crippen LogP contribution in [0.1, 0.15) is 17.7 Å². The Balaban J connectivity index is 1.68. The molecule has 5 nitrogen and oxygen atoms in total. The Morgan fingerprint density at radius 3 is 2.96 bits per heavy atom. The standard InChI is InChI=1S/C17H20ClN3O2/c1-23-15-11-20(10-14-8-9-19-21(14)12-15)17(22)7-6-13-4-2-3-5-16(13)18/h2-5,8-9,15H,6-7,10-12H2,1H3/t15-/m0/s1. The van der Waals surface area contributed by atoms with E-state index in [1.807, 2.05) is 39.9 Å². The van der Waals surface area contributed by atoms with Gasteiger partial charge >= 0.3 is 0 Å². The number of benzene rings is 1. The molecule has 0 saturated heterocycles. The van der Waals surface area contributed by atoms with Crippen LogP contribution in [0, 0.1) is 0 Å². The molecule has 0 saturated carbocycles. The van der Waals surface area contributed by atoms with Gasteiger partial charge < -0.3 is 9.64 Å². The van der Waals surface area contributed by atoms with Crippen LogP contribution in [0.3, 0.4) is 0 Å². The van der Waals surface area contributed by atoms with Gasteiger partial charge in [-0.2, -0.15) is 5.10 Å². The third-order valence-electron chi connectivity index (χ3n) is 4.21. The zero-order valence-electron chi connectivity index (χ0n) is 13.1. The number of nitrogens with zero attached hydrogens (tertiary/aromatic N) is 3. The molecule has 0 unspecified atom stereocenters. The number of aromatic nitrogens is 2. The van der Waals surface area contributed by atoms with Gasteiger partial charge in [0.1, 0.15) is 0 Å². The van der Waals surface area contributed by atoms with Crippen LogP contribution in [0.25, 0.3) is 0 Å². The second-order valence-electron chi connectivity index (χ2n) is 5.73. The molecule has 2 heterocycles. The molecule has 3 rings (SSSR count). The Kier molecular flexibility index (Phi) is 4.98. The van der Waals surface area contributed by atoms with Crippen LogP contribution in [-0.4, -0.2) is 40.3 Å². The van der Waals surface area contributed by atoms with Gasteiger partial charge in [0.15, 0.2) is 0 Å². The van der Waals surface area contributed by atoms with Gasteiger partial charge in [0.25, 0.3) is 0 Å². The average molecular weight is 334 g/mol. The number of carbonyl (C=O) groups is 1. The van der Waals surface area contributed by atoms with Crippen LogP contribution in [0.2, 0.25) is 5.02 Å². The van der Waals surface area contributed by atoms with Crippen molar-refractivity contribution in [3.8, 4) is 0 Å². The molecule has 0 N–H and O–H groups in total. The van der Waals surface area contributed by atoms with E-state index in [9.17, 15) is 4.79 Å². The Morgan fingerprint density at radius 2 is 2.17 bits per heavy atom. The van der Waals surface area contributed by atoms with Crippen molar-refractivity contribution in [2.45, 2.75) is 32.0 Å². The predicted molar refractivity (Wildman–Crippen MR) is 88.2 cm³/mol. The molecule has 1 aliphatic rings. The summed E-state index contributed by atoms with van der Waals surface area (Å²) < 4.78 is 7.40. The number of aryl methyl sites for hydroxylation is 1. The number of fused-ring (bicyclic) bond motifs is 1. The lowest BCUT2D eigenvalue weighted by molar-refractivity contribution is -0.133. The number of halogens is 1. The van der Waals surface area contributed by atoms with Crippen LogP contribution >= 0.6 is 11.6 Å². The fourth-order valence-electron chi connectivity index (χ4n) is 2.86. The molecule has 1 aromatic carbocycles. The van der Waals surface area contributed by atoms with E-state index in [1.54, 1.807) is 13.3 Å². The number of carbonyl (C=O) groups excluding carboxylic acids is 1. The van der Waals surface area contributed by atoms with Crippen LogP contribution in [0.4, 0.5) is 0 Å². The van der Waals surface area contributed by atoms with Crippen molar-refractivity contribution < 1.29 is 9.53 Å². The molecule has 0 spiro atoms. The Bertz CT molecular complexity index is 686. The van der Waals surface area contributed by atoms with E-state index < -0.39 is 0 Å². The van der Waals surface area contributed by atoms with Crippen molar-refractivity contribution in [1.29, 1.82) is 0 Å². The Labute approximate surface area is 140 Å². The summed E-state index contributed by atoms with van der Waals surface area (Å²) in [7, 11) is 1.67. The van der Waals surface area contributed by atoms with Gasteiger partial charge in [-0.25, -0.2) is 0 Å². The third kappa shape index (κ3) is 3.74. The van der Waals surface area contributed by atoms with Crippen molar-refractivity contribution in [2.75, 3.05) is 13.7 Å². The minimum Gasteiger partial charge on any atom is -0.378 e. The van der Waals surface area contributed by atoms with Crippen molar-refractivity contribution in [3.63, 3.8) is 0 Å². The molecule has 122 valence electrons. The maximum Gasteiger partial charge on any atom is 0.223 e. The van der Waals surface area contributed by atoms with Crippen LogP contribution in [-0.2, 0) is 29.0 Å². The number of rotatable bonds is 4. The fraction of sp³-hybridized carbons (Fsp3) is 0.412. The van der Waals surface area contributed by atoms with Gasteiger partial charge in [0, 0.05) is 31.3 Å². The molecule has 1 aliphatic heterocycles. The molecule has 0 radical (unpaired) electrons. The summed E-state index contributed by atoms with van der Waals surface area (Å²) in [5, 5.41) is 5.01. The van der Waals surface area contributed by atoms with Gasteiger partial charge in [-0.3, -0.25) is 9.48 Å². The molecule has 0 bridgehead atoms. The number of methoxy groups -OCH3 is 1. The predicted octanol–water partition coefficient (Wildman–Crippen LogP) is 2.53. The molecule has 6 heteroatoms. The molecular weight excluding hydrogens is 314 g/mol. The van der Waals surface area contributed by atoms with E-state index >= 15 is 0 Å². The summed E-state index contributed by atoms with van der Waals surface area (Å²) >= 11 is 6.16. The molecule has 1 aromatic heterocycles. The van der Waals surface area contributed by atoms with E-state index in [2.05, 4.69) is 5.10 Å². The largest absolute Gasteiger partial charge is 0.378 e. The van der Waals surface area contributed by atoms with E-state index in [-0.39, 0.29) is 12.0 Å². The minimum absolute atomic E-state index is 0.0413. The van der Waals surface area contributed by atoms with Crippen LogP contribution in [0.5, 0.6) is 0 Å². The molecule has 1 atom stereocenters. The number of hydrogen-bond donors (Lipinski definition) is 0. The molecule has 1 amide bonds. The van der Waals surface area contributed by atoms with Crippen molar-refractivity contribution in [1.82, 2.24) is 14.7 Å². The quantitative estimate of drug-likeness (QED) is 0.863. The van der Waals surface area contributed by atoms with Gasteiger partial charge in [0.05, 0.1) is 24.9 Å². The van der Waals surface area contributed by atoms with Gasteiger partial charge in [0.2, 0.25) is 5.91 Å². The first-order valence-electron chi connectivity index (χ1n) is 7.72. The maximum absolute atomic E-state index is 12.6. The summed E-state index contributed by atoms with van der Waals surface area (Å²) in [5.74, 6) is 0.113. The summed E-state index contributed by atoms with van der Waals surface area (Å²) in [6.45, 7) is 1.83. The SMILES string of the molecule is CO[C@H]1CN(C(=O)CCc2ccccc2Cl)Cc2ccnn2C1. The first-order valence-corrected chi connectivity index (χ1v) is 8.10. The summed E-state index contributed by atoms with van der Waals surface area (Å²) in [6, 6.07) is 9.61. The molecule has 0 fully saturated rings. The lowest BCUT2D eigenvalue weighted by atomic mass is 10.1. The van der Waals surface area contributed by atoms with Crippen molar-refractivity contribution in [2.24, 2.45) is 0 Å². The second-order valence-corrected chi connectivity index (χ2v) is 6.14. The van der Waals surface area contributed by atoms with E-state index in [0.717, 1.165) is 11.3 Å². The first kappa shape index (κ1) is 16.0. The number of amides is 1. The minimum atomic E-state index is -0.0413. The maximum atomic E-state index is 12.6. The average Bonchev–Trinajstić information content (AvgIpc) is 2.91. The number of hydrogen-bond acceptors (Lipinski definition) is 3. The highest BCUT2D eigenvalue weighted by molar-refractivity contribution is 6.31. The topological polar surface area (TPSA) is 47.4 Å². The van der Waals surface area contributed by atoms with Crippen LogP contribution < -0.4 is 0 Å². The first-order chi connectivity index (χ1) is 11.2. The smallest absolute Gasteiger partial charge is 0.223 e. The van der Waals surface area contributed by atoms with Crippen LogP contribution in [0.15, 0.2) is 36.5 Å². The fourth-order valence-corrected chi connectivity index (χ4v) is 3.09. The van der Waals surface area contributed by atoms with Gasteiger partial charge in [-0.15, -0.1) is 0 Å². The normalized spacial score (nSPS) is 17.7. The molecule has 2 aromatic rings. The molecule has 23 heavy (non-hydrogen) atoms. The summed E-state index contributed by atoms with van der Waals surface area (Å²) in [4.78, 5) is 14.5. The highest BCUT2D eigenvalue weighted by Gasteiger charge is 2.25. The van der Waals surface area contributed by atoms with Crippen molar-refractivity contribution in [3.05, 3.63) is 52.8 Å². The second kappa shape index (κ2) is 7.15. The van der Waals surface area contributed by atoms with E-state index in [0.29, 0.717) is 37.5 Å². The molecular formula is C17H20ClN3O2. The monoisotopic (exact) mass is 333 g/mol. The molecule has 0 aliphatic carbocycles. The lowest BCUT2D eigenvalue weighted by Crippen LogP contribution is -2.37. The zero-order chi connectivity index (χ0) is 16.2. The Hall–Kier alpha value is -1.85. The summed E-state index contributed by atoms with van der Waals surface area (Å²) in [6.07, 6.45) is 2.81. The van der Waals surface area contributed by atoms with E-state index in [1.165, 1.54) is 0 Å². The highest BCUT2D eigenvalue weighted by Crippen LogP contribution is 2.19. The number of ether oxygens (including phenoxy) is 1. The third-order valence-corrected chi connectivity index (χ3v) is 4.58. The van der Waals surface area contributed by atoms with Crippen molar-refractivity contribution >= 4 is 17.5 Å². The van der Waals surface area contributed by atoms with Gasteiger partial charge in [-0.1, -0.05) is 29.8 Å². The lowest BCUT2D eigenvalue weighted by Gasteiger charge is -2.23. The van der Waals surface area contributed by atoms with E-state index in [4.69, 9.17) is 16.3 Å². The summed E-state index contributed by atoms with van der Waals surface area (Å²) in [5.41, 5.74) is 2.04.